The Bertz CT molecular complexity index is 645. The Morgan fingerprint density at radius 2 is 1.74 bits per heavy atom. The van der Waals surface area contributed by atoms with E-state index in [1.165, 1.54) is 11.1 Å². The van der Waals surface area contributed by atoms with E-state index in [2.05, 4.69) is 44.8 Å². The second kappa shape index (κ2) is 13.5. The van der Waals surface area contributed by atoms with E-state index in [4.69, 9.17) is 19.0 Å². The van der Waals surface area contributed by atoms with Crippen LogP contribution in [0.15, 0.2) is 23.3 Å². The van der Waals surface area contributed by atoms with Gasteiger partial charge in [-0.15, -0.1) is 5.92 Å². The monoisotopic (exact) mass is 420 g/mol. The summed E-state index contributed by atoms with van der Waals surface area (Å²) in [7, 11) is -8.01. The first-order chi connectivity index (χ1) is 12.4. The van der Waals surface area contributed by atoms with Gasteiger partial charge in [0.2, 0.25) is 7.37 Å². The third-order valence-corrected chi connectivity index (χ3v) is 7.82. The van der Waals surface area contributed by atoms with Gasteiger partial charge in [0.15, 0.2) is 0 Å². The molecule has 0 heterocycles. The van der Waals surface area contributed by atoms with Gasteiger partial charge in [-0.2, -0.15) is 0 Å². The van der Waals surface area contributed by atoms with Crippen LogP contribution in [-0.4, -0.2) is 34.7 Å². The number of rotatable bonds is 12. The standard InChI is InChI=1S/C19H34O6P2/c1-17(2)11-10-13-19(5)12-8-6-7-9-14-24-15-26(20,25-18(3)4)16-27(21,22)23/h11-12,18H,6,8,10,13-16H2,1-5H3,(H2,21,22,23). The number of unbranched alkanes of at least 4 members (excludes halogenated alkanes) is 1. The second-order valence-electron chi connectivity index (χ2n) is 7.02. The fourth-order valence-corrected chi connectivity index (χ4v) is 6.26. The van der Waals surface area contributed by atoms with Crippen LogP contribution in [0.5, 0.6) is 0 Å². The molecule has 0 saturated heterocycles. The van der Waals surface area contributed by atoms with Crippen molar-refractivity contribution < 1.29 is 28.2 Å². The average Bonchev–Trinajstić information content (AvgIpc) is 2.46. The zero-order valence-electron chi connectivity index (χ0n) is 17.1. The summed E-state index contributed by atoms with van der Waals surface area (Å²) in [5.41, 5.74) is 2.67. The summed E-state index contributed by atoms with van der Waals surface area (Å²) in [6.07, 6.45) is 7.30. The van der Waals surface area contributed by atoms with Crippen molar-refractivity contribution in [3.8, 4) is 11.8 Å². The van der Waals surface area contributed by atoms with E-state index in [0.717, 1.165) is 19.3 Å². The van der Waals surface area contributed by atoms with Crippen molar-refractivity contribution in [2.24, 2.45) is 0 Å². The number of hydrogen-bond donors (Lipinski definition) is 2. The lowest BCUT2D eigenvalue weighted by Crippen LogP contribution is -2.09. The molecule has 0 aliphatic carbocycles. The minimum Gasteiger partial charge on any atom is -0.359 e. The third-order valence-electron chi connectivity index (χ3n) is 3.24. The van der Waals surface area contributed by atoms with Gasteiger partial charge >= 0.3 is 7.60 Å². The van der Waals surface area contributed by atoms with Crippen molar-refractivity contribution >= 4 is 15.0 Å². The van der Waals surface area contributed by atoms with E-state index in [1.807, 2.05) is 0 Å². The summed E-state index contributed by atoms with van der Waals surface area (Å²) in [4.78, 5) is 18.1. The van der Waals surface area contributed by atoms with Crippen LogP contribution in [0, 0.1) is 11.8 Å². The Labute approximate surface area is 164 Å². The van der Waals surface area contributed by atoms with Crippen molar-refractivity contribution in [1.82, 2.24) is 0 Å². The van der Waals surface area contributed by atoms with E-state index >= 15 is 0 Å². The molecule has 0 aliphatic heterocycles. The SMILES string of the molecule is CC(C)=CCCC(C)=CCCC#CCOCP(=O)(CP(=O)(O)O)OC(C)C. The van der Waals surface area contributed by atoms with Crippen molar-refractivity contribution in [1.29, 1.82) is 0 Å². The van der Waals surface area contributed by atoms with E-state index in [-0.39, 0.29) is 13.0 Å². The second-order valence-corrected chi connectivity index (χ2v) is 11.6. The molecule has 0 saturated carbocycles. The molecular weight excluding hydrogens is 386 g/mol. The summed E-state index contributed by atoms with van der Waals surface area (Å²) < 4.78 is 34.1. The van der Waals surface area contributed by atoms with Gasteiger partial charge in [-0.25, -0.2) is 0 Å². The minimum absolute atomic E-state index is 0.0515. The normalized spacial score (nSPS) is 14.4. The van der Waals surface area contributed by atoms with E-state index in [0.29, 0.717) is 6.42 Å². The van der Waals surface area contributed by atoms with Gasteiger partial charge in [-0.3, -0.25) is 9.13 Å². The molecule has 0 fully saturated rings. The Kier molecular flexibility index (Phi) is 13.2. The van der Waals surface area contributed by atoms with Gasteiger partial charge in [-0.05, 0) is 53.9 Å². The van der Waals surface area contributed by atoms with Crippen molar-refractivity contribution in [3.05, 3.63) is 23.3 Å². The summed E-state index contributed by atoms with van der Waals surface area (Å²) in [5, 5.41) is 0. The van der Waals surface area contributed by atoms with Gasteiger partial charge in [-0.1, -0.05) is 29.2 Å². The fraction of sp³-hybridized carbons (Fsp3) is 0.684. The highest BCUT2D eigenvalue weighted by Gasteiger charge is 2.33. The van der Waals surface area contributed by atoms with Gasteiger partial charge in [0, 0.05) is 6.42 Å². The van der Waals surface area contributed by atoms with E-state index in [1.54, 1.807) is 13.8 Å². The molecule has 0 rings (SSSR count). The topological polar surface area (TPSA) is 93.1 Å². The molecule has 0 aromatic carbocycles. The maximum Gasteiger partial charge on any atom is 0.335 e. The first-order valence-electron chi connectivity index (χ1n) is 9.07. The third kappa shape index (κ3) is 17.2. The molecule has 0 aromatic rings. The Hall–Kier alpha value is -0.660. The maximum absolute atomic E-state index is 12.5. The molecule has 0 aliphatic rings. The van der Waals surface area contributed by atoms with E-state index < -0.39 is 27.0 Å². The number of ether oxygens (including phenoxy) is 1. The molecule has 6 nitrogen and oxygen atoms in total. The quantitative estimate of drug-likeness (QED) is 0.193. The molecule has 0 spiro atoms. The summed E-state index contributed by atoms with van der Waals surface area (Å²) in [5.74, 6) is 4.98. The zero-order chi connectivity index (χ0) is 20.9. The Balaban J connectivity index is 4.24. The Morgan fingerprint density at radius 1 is 1.07 bits per heavy atom. The molecule has 0 bridgehead atoms. The van der Waals surface area contributed by atoms with Gasteiger partial charge in [0.1, 0.15) is 18.9 Å². The minimum atomic E-state index is -4.45. The molecule has 27 heavy (non-hydrogen) atoms. The maximum atomic E-state index is 12.5. The van der Waals surface area contributed by atoms with Crippen LogP contribution in [-0.2, 0) is 18.4 Å². The van der Waals surface area contributed by atoms with Gasteiger partial charge in [0.05, 0.1) is 6.10 Å². The van der Waals surface area contributed by atoms with Gasteiger partial charge in [0.25, 0.3) is 0 Å². The molecular formula is C19H34O6P2. The highest BCUT2D eigenvalue weighted by molar-refractivity contribution is 7.73. The first-order valence-corrected chi connectivity index (χ1v) is 12.9. The lowest BCUT2D eigenvalue weighted by Gasteiger charge is -2.20. The highest BCUT2D eigenvalue weighted by atomic mass is 31.2. The molecule has 0 aromatic heterocycles. The van der Waals surface area contributed by atoms with Crippen molar-refractivity contribution in [2.75, 3.05) is 18.9 Å². The van der Waals surface area contributed by atoms with Crippen LogP contribution in [0.3, 0.4) is 0 Å². The van der Waals surface area contributed by atoms with Crippen molar-refractivity contribution in [3.63, 3.8) is 0 Å². The zero-order valence-corrected chi connectivity index (χ0v) is 18.9. The number of hydrogen-bond acceptors (Lipinski definition) is 4. The molecule has 8 heteroatoms. The van der Waals surface area contributed by atoms with Crippen molar-refractivity contribution in [2.45, 2.75) is 66.4 Å². The van der Waals surface area contributed by atoms with Crippen LogP contribution >= 0.6 is 15.0 Å². The predicted octanol–water partition coefficient (Wildman–Crippen LogP) is 5.28. The molecule has 2 N–H and O–H groups in total. The summed E-state index contributed by atoms with van der Waals surface area (Å²) >= 11 is 0. The van der Waals surface area contributed by atoms with Crippen LogP contribution in [0.2, 0.25) is 0 Å². The average molecular weight is 420 g/mol. The van der Waals surface area contributed by atoms with Gasteiger partial charge < -0.3 is 19.0 Å². The molecule has 0 amide bonds. The van der Waals surface area contributed by atoms with E-state index in [9.17, 15) is 9.13 Å². The molecule has 0 radical (unpaired) electrons. The molecule has 156 valence electrons. The van der Waals surface area contributed by atoms with Crippen LogP contribution in [0.1, 0.15) is 60.3 Å². The Morgan fingerprint density at radius 3 is 2.30 bits per heavy atom. The summed E-state index contributed by atoms with van der Waals surface area (Å²) in [6.45, 7) is 9.66. The highest BCUT2D eigenvalue weighted by Crippen LogP contribution is 2.58. The lowest BCUT2D eigenvalue weighted by molar-refractivity contribution is 0.178. The number of allylic oxidation sites excluding steroid dienone is 4. The molecule has 1 unspecified atom stereocenters. The van der Waals surface area contributed by atoms with Crippen LogP contribution < -0.4 is 0 Å². The summed E-state index contributed by atoms with van der Waals surface area (Å²) in [6, 6.07) is 0. The van der Waals surface area contributed by atoms with Crippen LogP contribution in [0.25, 0.3) is 0 Å². The van der Waals surface area contributed by atoms with Crippen LogP contribution in [0.4, 0.5) is 0 Å². The molecule has 1 atom stereocenters. The predicted molar refractivity (Wildman–Crippen MR) is 111 cm³/mol. The smallest absolute Gasteiger partial charge is 0.335 e. The lowest BCUT2D eigenvalue weighted by atomic mass is 10.1. The fourth-order valence-electron chi connectivity index (χ4n) is 2.23. The first kappa shape index (κ1) is 26.3. The largest absolute Gasteiger partial charge is 0.359 e.